The van der Waals surface area contributed by atoms with E-state index in [0.29, 0.717) is 28.4 Å². The van der Waals surface area contributed by atoms with Crippen molar-refractivity contribution in [2.75, 3.05) is 20.1 Å². The maximum Gasteiger partial charge on any atom is 0.278 e. The topological polar surface area (TPSA) is 92.8 Å². The smallest absolute Gasteiger partial charge is 0.278 e. The van der Waals surface area contributed by atoms with E-state index in [9.17, 15) is 9.59 Å². The van der Waals surface area contributed by atoms with Gasteiger partial charge in [-0.1, -0.05) is 23.7 Å². The van der Waals surface area contributed by atoms with Gasteiger partial charge in [-0.05, 0) is 37.8 Å². The van der Waals surface area contributed by atoms with Gasteiger partial charge in [-0.2, -0.15) is 0 Å². The first-order valence-corrected chi connectivity index (χ1v) is 10.3. The number of likely N-dealkylation sites (N-methyl/N-ethyl adjacent to an activating group) is 1. The van der Waals surface area contributed by atoms with E-state index >= 15 is 0 Å². The van der Waals surface area contributed by atoms with E-state index in [0.717, 1.165) is 30.6 Å². The Kier molecular flexibility index (Phi) is 5.82. The first-order valence-electron chi connectivity index (χ1n) is 9.97. The lowest BCUT2D eigenvalue weighted by molar-refractivity contribution is -0.863. The third kappa shape index (κ3) is 5.33. The molecule has 1 atom stereocenters. The molecule has 0 radical (unpaired) electrons. The Morgan fingerprint density at radius 1 is 1.21 bits per heavy atom. The van der Waals surface area contributed by atoms with Gasteiger partial charge in [-0.15, -0.1) is 10.2 Å². The summed E-state index contributed by atoms with van der Waals surface area (Å²) < 4.78 is 5.76. The van der Waals surface area contributed by atoms with Crippen molar-refractivity contribution in [3.63, 3.8) is 0 Å². The summed E-state index contributed by atoms with van der Waals surface area (Å²) >= 11 is 6.19. The number of nitrogens with one attached hydrogen (secondary N) is 2. The highest BCUT2D eigenvalue weighted by Gasteiger charge is 2.35. The van der Waals surface area contributed by atoms with Crippen LogP contribution in [0.25, 0.3) is 11.5 Å². The molecule has 0 spiro atoms. The van der Waals surface area contributed by atoms with Gasteiger partial charge in [0.15, 0.2) is 13.1 Å². The minimum absolute atomic E-state index is 0.00273. The van der Waals surface area contributed by atoms with Crippen LogP contribution >= 0.6 is 11.6 Å². The molecule has 8 nitrogen and oxygen atoms in total. The lowest BCUT2D eigenvalue weighted by atomic mass is 10.2. The zero-order chi connectivity index (χ0) is 20.4. The second-order valence-electron chi connectivity index (χ2n) is 7.89. The minimum atomic E-state index is -0.0123. The predicted molar refractivity (Wildman–Crippen MR) is 106 cm³/mol. The zero-order valence-corrected chi connectivity index (χ0v) is 17.1. The van der Waals surface area contributed by atoms with Crippen LogP contribution in [0, 0.1) is 0 Å². The average Bonchev–Trinajstić information content (AvgIpc) is 3.60. The molecule has 9 heteroatoms. The van der Waals surface area contributed by atoms with Gasteiger partial charge in [0, 0.05) is 12.1 Å². The first-order chi connectivity index (χ1) is 14.0. The number of amides is 2. The van der Waals surface area contributed by atoms with Crippen molar-refractivity contribution in [2.24, 2.45) is 0 Å². The Bertz CT molecular complexity index is 894. The van der Waals surface area contributed by atoms with Crippen LogP contribution in [0.15, 0.2) is 28.7 Å². The quantitative estimate of drug-likeness (QED) is 0.624. The van der Waals surface area contributed by atoms with E-state index in [1.807, 2.05) is 25.2 Å². The van der Waals surface area contributed by atoms with Crippen LogP contribution in [0.5, 0.6) is 0 Å². The largest absolute Gasteiger partial charge is 0.419 e. The first kappa shape index (κ1) is 19.8. The van der Waals surface area contributed by atoms with Gasteiger partial charge in [-0.3, -0.25) is 9.59 Å². The molecule has 1 heterocycles. The lowest BCUT2D eigenvalue weighted by Crippen LogP contribution is -3.11. The summed E-state index contributed by atoms with van der Waals surface area (Å²) in [7, 11) is 1.86. The van der Waals surface area contributed by atoms with Crippen LogP contribution in [-0.2, 0) is 16.1 Å². The van der Waals surface area contributed by atoms with Crippen LogP contribution in [0.2, 0.25) is 5.02 Å². The van der Waals surface area contributed by atoms with Crippen LogP contribution in [0.4, 0.5) is 0 Å². The molecule has 1 aromatic heterocycles. The molecule has 0 bridgehead atoms. The number of nitrogens with zero attached hydrogens (tertiary/aromatic N) is 3. The Morgan fingerprint density at radius 2 is 1.97 bits per heavy atom. The number of rotatable bonds is 9. The van der Waals surface area contributed by atoms with Gasteiger partial charge in [0.1, 0.15) is 0 Å². The van der Waals surface area contributed by atoms with Gasteiger partial charge in [0.05, 0.1) is 24.2 Å². The number of carbonyl (C=O) groups excluding carboxylic acids is 2. The zero-order valence-electron chi connectivity index (χ0n) is 16.4. The number of aromatic nitrogens is 2. The van der Waals surface area contributed by atoms with E-state index in [2.05, 4.69) is 15.5 Å². The van der Waals surface area contributed by atoms with Gasteiger partial charge >= 0.3 is 0 Å². The van der Waals surface area contributed by atoms with E-state index < -0.39 is 0 Å². The summed E-state index contributed by atoms with van der Waals surface area (Å²) in [6, 6.07) is 7.79. The highest BCUT2D eigenvalue weighted by molar-refractivity contribution is 6.33. The normalized spacial score (nSPS) is 17.0. The second kappa shape index (κ2) is 8.51. The maximum absolute atomic E-state index is 12.8. The molecule has 1 unspecified atom stereocenters. The van der Waals surface area contributed by atoms with Crippen LogP contribution < -0.4 is 10.2 Å². The molecule has 154 valence electrons. The van der Waals surface area contributed by atoms with Gasteiger partial charge in [-0.25, -0.2) is 0 Å². The van der Waals surface area contributed by atoms with Gasteiger partial charge in [0.2, 0.25) is 11.8 Å². The fourth-order valence-corrected chi connectivity index (χ4v) is 3.43. The Morgan fingerprint density at radius 3 is 2.66 bits per heavy atom. The summed E-state index contributed by atoms with van der Waals surface area (Å²) in [5.41, 5.74) is 0.670. The molecule has 4 rings (SSSR count). The molecular formula is C20H25ClN5O3+. The van der Waals surface area contributed by atoms with Crippen LogP contribution in [0.1, 0.15) is 31.6 Å². The van der Waals surface area contributed by atoms with Gasteiger partial charge in [0.25, 0.3) is 11.8 Å². The molecule has 2 aromatic rings. The Hall–Kier alpha value is -2.45. The monoisotopic (exact) mass is 418 g/mol. The molecule has 2 aliphatic rings. The Labute approximate surface area is 174 Å². The number of benzene rings is 1. The molecule has 2 amide bonds. The standard InChI is InChI=1S/C20H24ClN5O3/c1-25(10-17(27)22-13-6-7-13)12-19(28)26(14-8-9-14)11-18-23-24-20(29-18)15-4-2-3-5-16(15)21/h2-5,13-14H,6-12H2,1H3,(H,22,27)/p+1. The summed E-state index contributed by atoms with van der Waals surface area (Å²) in [5, 5.41) is 11.7. The maximum atomic E-state index is 12.8. The lowest BCUT2D eigenvalue weighted by Gasteiger charge is -2.22. The number of carbonyl (C=O) groups is 2. The summed E-state index contributed by atoms with van der Waals surface area (Å²) in [5.74, 6) is 0.705. The molecule has 1 aromatic carbocycles. The van der Waals surface area contributed by atoms with Crippen molar-refractivity contribution in [1.82, 2.24) is 20.4 Å². The molecule has 2 N–H and O–H groups in total. The van der Waals surface area contributed by atoms with Crippen molar-refractivity contribution >= 4 is 23.4 Å². The van der Waals surface area contributed by atoms with E-state index in [4.69, 9.17) is 16.0 Å². The van der Waals surface area contributed by atoms with Crippen molar-refractivity contribution < 1.29 is 18.9 Å². The second-order valence-corrected chi connectivity index (χ2v) is 8.29. The Balaban J connectivity index is 1.36. The highest BCUT2D eigenvalue weighted by Crippen LogP contribution is 2.30. The van der Waals surface area contributed by atoms with Gasteiger partial charge < -0.3 is 19.5 Å². The van der Waals surface area contributed by atoms with Crippen LogP contribution in [0.3, 0.4) is 0 Å². The fraction of sp³-hybridized carbons (Fsp3) is 0.500. The van der Waals surface area contributed by atoms with Crippen LogP contribution in [-0.4, -0.2) is 59.1 Å². The third-order valence-electron chi connectivity index (χ3n) is 5.04. The molecule has 2 aliphatic carbocycles. The summed E-state index contributed by atoms with van der Waals surface area (Å²) in [6.07, 6.45) is 4.05. The van der Waals surface area contributed by atoms with E-state index in [1.54, 1.807) is 11.0 Å². The average molecular weight is 419 g/mol. The number of halogens is 1. The van der Waals surface area contributed by atoms with Crippen molar-refractivity contribution in [3.05, 3.63) is 35.2 Å². The molecule has 0 saturated heterocycles. The fourth-order valence-electron chi connectivity index (χ4n) is 3.22. The molecule has 29 heavy (non-hydrogen) atoms. The minimum Gasteiger partial charge on any atom is -0.419 e. The summed E-state index contributed by atoms with van der Waals surface area (Å²) in [6.45, 7) is 0.806. The predicted octanol–water partition coefficient (Wildman–Crippen LogP) is 0.674. The van der Waals surface area contributed by atoms with E-state index in [-0.39, 0.29) is 37.5 Å². The summed E-state index contributed by atoms with van der Waals surface area (Å²) in [4.78, 5) is 27.5. The van der Waals surface area contributed by atoms with Crippen molar-refractivity contribution in [1.29, 1.82) is 0 Å². The highest BCUT2D eigenvalue weighted by atomic mass is 35.5. The third-order valence-corrected chi connectivity index (χ3v) is 5.37. The molecule has 2 fully saturated rings. The van der Waals surface area contributed by atoms with Crippen molar-refractivity contribution in [3.8, 4) is 11.5 Å². The molecular weight excluding hydrogens is 394 g/mol. The van der Waals surface area contributed by atoms with E-state index in [1.165, 1.54) is 0 Å². The SMILES string of the molecule is C[NH+](CC(=O)NC1CC1)CC(=O)N(Cc1nnc(-c2ccccc2Cl)o1)C1CC1. The molecule has 2 saturated carbocycles. The molecule has 0 aliphatic heterocycles. The number of quaternary nitrogens is 1. The number of hydrogen-bond donors (Lipinski definition) is 2. The van der Waals surface area contributed by atoms with Crippen molar-refractivity contribution in [2.45, 2.75) is 44.3 Å². The number of hydrogen-bond acceptors (Lipinski definition) is 5.